The van der Waals surface area contributed by atoms with Crippen LogP contribution in [0.1, 0.15) is 52.9 Å². The van der Waals surface area contributed by atoms with Crippen molar-refractivity contribution in [3.63, 3.8) is 0 Å². The molecule has 32 heavy (non-hydrogen) atoms. The van der Waals surface area contributed by atoms with Crippen LogP contribution in [-0.4, -0.2) is 69.9 Å². The molecule has 0 aromatic carbocycles. The topological polar surface area (TPSA) is 231 Å². The van der Waals surface area contributed by atoms with E-state index in [0.29, 0.717) is 6.42 Å². The monoisotopic (exact) mass is 459 g/mol. The Morgan fingerprint density at radius 1 is 0.812 bits per heavy atom. The number of amides is 4. The number of primary amides is 1. The van der Waals surface area contributed by atoms with E-state index in [9.17, 15) is 33.9 Å². The number of hydrogen-bond acceptors (Lipinski definition) is 7. The van der Waals surface area contributed by atoms with Gasteiger partial charge in [-0.05, 0) is 25.7 Å². The summed E-state index contributed by atoms with van der Waals surface area (Å²) in [6.07, 6.45) is -0.755. The first kappa shape index (κ1) is 28.8. The Bertz CT molecular complexity index is 714. The normalized spacial score (nSPS) is 15.4. The zero-order valence-electron chi connectivity index (χ0n) is 18.4. The molecule has 13 heteroatoms. The quantitative estimate of drug-likeness (QED) is 0.144. The summed E-state index contributed by atoms with van der Waals surface area (Å²) in [7, 11) is 0. The number of carbonyl (C=O) groups excluding carboxylic acids is 4. The van der Waals surface area contributed by atoms with Gasteiger partial charge in [-0.15, -0.1) is 0 Å². The molecule has 182 valence electrons. The lowest BCUT2D eigenvalue weighted by Gasteiger charge is -2.24. The van der Waals surface area contributed by atoms with E-state index in [1.807, 2.05) is 6.92 Å². The maximum atomic E-state index is 12.5. The van der Waals surface area contributed by atoms with E-state index < -0.39 is 66.2 Å². The highest BCUT2D eigenvalue weighted by molar-refractivity contribution is 5.94. The lowest BCUT2D eigenvalue weighted by molar-refractivity contribution is -0.143. The molecule has 0 heterocycles. The summed E-state index contributed by atoms with van der Waals surface area (Å²) >= 11 is 0. The average molecular weight is 460 g/mol. The minimum Gasteiger partial charge on any atom is -0.481 e. The predicted molar refractivity (Wildman–Crippen MR) is 112 cm³/mol. The molecule has 0 rings (SSSR count). The Balaban J connectivity index is 5.23. The van der Waals surface area contributed by atoms with Crippen molar-refractivity contribution in [2.45, 2.75) is 77.0 Å². The number of nitrogens with two attached hydrogens (primary N) is 2. The molecule has 0 fully saturated rings. The van der Waals surface area contributed by atoms with Crippen LogP contribution in [0, 0.1) is 5.92 Å². The fraction of sp³-hybridized carbons (Fsp3) is 0.684. The number of hydrogen-bond donors (Lipinski definition) is 7. The van der Waals surface area contributed by atoms with Gasteiger partial charge in [-0.1, -0.05) is 20.3 Å². The van der Waals surface area contributed by atoms with Crippen LogP contribution in [0.15, 0.2) is 0 Å². The standard InChI is InChI=1S/C19H33N5O8/c1-4-9(2)15(21)18(30)22-10(3)16(28)23-11(5-7-13(20)25)17(29)24-12(19(31)32)6-8-14(26)27/h9-12,15H,4-8,21H2,1-3H3,(H2,20,25)(H,22,30)(H,23,28)(H,24,29)(H,26,27)(H,31,32). The van der Waals surface area contributed by atoms with Crippen molar-refractivity contribution in [2.24, 2.45) is 17.4 Å². The molecule has 0 aromatic rings. The summed E-state index contributed by atoms with van der Waals surface area (Å²) in [5.74, 6) is -5.84. The smallest absolute Gasteiger partial charge is 0.326 e. The minimum absolute atomic E-state index is 0.127. The molecule has 5 atom stereocenters. The molecule has 0 spiro atoms. The fourth-order valence-corrected chi connectivity index (χ4v) is 2.54. The lowest BCUT2D eigenvalue weighted by Crippen LogP contribution is -2.57. The average Bonchev–Trinajstić information content (AvgIpc) is 2.71. The largest absolute Gasteiger partial charge is 0.481 e. The van der Waals surface area contributed by atoms with Gasteiger partial charge in [0.15, 0.2) is 0 Å². The van der Waals surface area contributed by atoms with E-state index in [4.69, 9.17) is 16.6 Å². The molecule has 0 aliphatic rings. The molecule has 0 radical (unpaired) electrons. The molecule has 0 saturated carbocycles. The second-order valence-corrected chi connectivity index (χ2v) is 7.54. The first-order chi connectivity index (χ1) is 14.8. The first-order valence-electron chi connectivity index (χ1n) is 10.2. The van der Waals surface area contributed by atoms with Crippen LogP contribution >= 0.6 is 0 Å². The second kappa shape index (κ2) is 14.0. The maximum Gasteiger partial charge on any atom is 0.326 e. The number of rotatable bonds is 15. The predicted octanol–water partition coefficient (Wildman–Crippen LogP) is -1.95. The van der Waals surface area contributed by atoms with Crippen molar-refractivity contribution in [2.75, 3.05) is 0 Å². The van der Waals surface area contributed by atoms with Gasteiger partial charge in [0.25, 0.3) is 0 Å². The first-order valence-corrected chi connectivity index (χ1v) is 10.2. The Hall–Kier alpha value is -3.22. The van der Waals surface area contributed by atoms with Crippen LogP contribution in [0.3, 0.4) is 0 Å². The van der Waals surface area contributed by atoms with Crippen molar-refractivity contribution in [1.29, 1.82) is 0 Å². The van der Waals surface area contributed by atoms with Gasteiger partial charge in [0, 0.05) is 12.8 Å². The highest BCUT2D eigenvalue weighted by Crippen LogP contribution is 2.06. The molecular formula is C19H33N5O8. The summed E-state index contributed by atoms with van der Waals surface area (Å²) in [6.45, 7) is 5.01. The lowest BCUT2D eigenvalue weighted by atomic mass is 9.99. The Kier molecular flexibility index (Phi) is 12.6. The second-order valence-electron chi connectivity index (χ2n) is 7.54. The van der Waals surface area contributed by atoms with Crippen LogP contribution < -0.4 is 27.4 Å². The van der Waals surface area contributed by atoms with Crippen LogP contribution in [0.25, 0.3) is 0 Å². The zero-order chi connectivity index (χ0) is 25.0. The van der Waals surface area contributed by atoms with Crippen molar-refractivity contribution in [3.05, 3.63) is 0 Å². The number of carboxylic acid groups (broad SMARTS) is 2. The highest BCUT2D eigenvalue weighted by atomic mass is 16.4. The molecular weight excluding hydrogens is 426 g/mol. The van der Waals surface area contributed by atoms with Crippen LogP contribution in [0.2, 0.25) is 0 Å². The van der Waals surface area contributed by atoms with Gasteiger partial charge in [0.05, 0.1) is 6.04 Å². The Morgan fingerprint density at radius 2 is 1.34 bits per heavy atom. The van der Waals surface area contributed by atoms with E-state index in [1.165, 1.54) is 6.92 Å². The van der Waals surface area contributed by atoms with E-state index in [2.05, 4.69) is 16.0 Å². The van der Waals surface area contributed by atoms with Crippen molar-refractivity contribution in [3.8, 4) is 0 Å². The summed E-state index contributed by atoms with van der Waals surface area (Å²) in [4.78, 5) is 70.3. The van der Waals surface area contributed by atoms with Crippen molar-refractivity contribution < 1.29 is 39.0 Å². The molecule has 0 aromatic heterocycles. The van der Waals surface area contributed by atoms with Crippen LogP contribution in [0.5, 0.6) is 0 Å². The Labute approximate surface area is 185 Å². The number of aliphatic carboxylic acids is 2. The van der Waals surface area contributed by atoms with Gasteiger partial charge < -0.3 is 37.6 Å². The third-order valence-corrected chi connectivity index (χ3v) is 4.89. The summed E-state index contributed by atoms with van der Waals surface area (Å²) in [5, 5.41) is 24.8. The van der Waals surface area contributed by atoms with Gasteiger partial charge in [0.1, 0.15) is 18.1 Å². The molecule has 0 aliphatic heterocycles. The number of carboxylic acids is 2. The van der Waals surface area contributed by atoms with Crippen LogP contribution in [-0.2, 0) is 28.8 Å². The molecule has 9 N–H and O–H groups in total. The van der Waals surface area contributed by atoms with Gasteiger partial charge in [-0.25, -0.2) is 4.79 Å². The molecule has 0 saturated heterocycles. The molecule has 5 unspecified atom stereocenters. The summed E-state index contributed by atoms with van der Waals surface area (Å²) < 4.78 is 0. The van der Waals surface area contributed by atoms with Gasteiger partial charge >= 0.3 is 11.9 Å². The Morgan fingerprint density at radius 3 is 1.81 bits per heavy atom. The van der Waals surface area contributed by atoms with Crippen molar-refractivity contribution >= 4 is 35.6 Å². The van der Waals surface area contributed by atoms with Gasteiger partial charge in [-0.2, -0.15) is 0 Å². The van der Waals surface area contributed by atoms with Crippen LogP contribution in [0.4, 0.5) is 0 Å². The molecule has 4 amide bonds. The van der Waals surface area contributed by atoms with Gasteiger partial charge in [0.2, 0.25) is 23.6 Å². The van der Waals surface area contributed by atoms with E-state index in [0.717, 1.165) is 0 Å². The third kappa shape index (κ3) is 10.7. The minimum atomic E-state index is -1.52. The van der Waals surface area contributed by atoms with E-state index >= 15 is 0 Å². The summed E-state index contributed by atoms with van der Waals surface area (Å²) in [5.41, 5.74) is 10.9. The SMILES string of the molecule is CCC(C)C(N)C(=O)NC(C)C(=O)NC(CCC(N)=O)C(=O)NC(CCC(=O)O)C(=O)O. The highest BCUT2D eigenvalue weighted by Gasteiger charge is 2.29. The fourth-order valence-electron chi connectivity index (χ4n) is 2.54. The maximum absolute atomic E-state index is 12.5. The third-order valence-electron chi connectivity index (χ3n) is 4.89. The molecule has 0 aliphatic carbocycles. The molecule has 0 bridgehead atoms. The van der Waals surface area contributed by atoms with Gasteiger partial charge in [-0.3, -0.25) is 24.0 Å². The summed E-state index contributed by atoms with van der Waals surface area (Å²) in [6, 6.07) is -4.78. The van der Waals surface area contributed by atoms with E-state index in [1.54, 1.807) is 6.92 Å². The zero-order valence-corrected chi connectivity index (χ0v) is 18.4. The van der Waals surface area contributed by atoms with Crippen molar-refractivity contribution in [1.82, 2.24) is 16.0 Å². The number of nitrogens with one attached hydrogen (secondary N) is 3. The molecule has 13 nitrogen and oxygen atoms in total. The number of carbonyl (C=O) groups is 6. The van der Waals surface area contributed by atoms with E-state index in [-0.39, 0.29) is 25.2 Å².